The standard InChI is InChI=1S/C23H27N3O5/c1-4-11-29-18-8-5-16(6-9-18)13-24-26-23(28)21(15(2)3)25-22(27)17-7-10-19-20(12-17)31-14-30-19/h5-10,12-13,15,21H,4,11,14H2,1-3H3,(H,25,27)(H,26,28). The van der Waals surface area contributed by atoms with Gasteiger partial charge < -0.3 is 19.5 Å². The molecule has 1 aliphatic heterocycles. The first-order valence-electron chi connectivity index (χ1n) is 10.2. The van der Waals surface area contributed by atoms with E-state index in [1.54, 1.807) is 24.4 Å². The van der Waals surface area contributed by atoms with Crippen LogP contribution in [-0.2, 0) is 4.79 Å². The van der Waals surface area contributed by atoms with Gasteiger partial charge in [-0.1, -0.05) is 20.8 Å². The van der Waals surface area contributed by atoms with E-state index < -0.39 is 11.9 Å². The van der Waals surface area contributed by atoms with Crippen LogP contribution in [0.2, 0.25) is 0 Å². The molecule has 2 amide bonds. The van der Waals surface area contributed by atoms with E-state index in [1.165, 1.54) is 0 Å². The third-order valence-corrected chi connectivity index (χ3v) is 4.61. The summed E-state index contributed by atoms with van der Waals surface area (Å²) in [5.74, 6) is 0.974. The van der Waals surface area contributed by atoms with Gasteiger partial charge >= 0.3 is 0 Å². The number of hydrazone groups is 1. The highest BCUT2D eigenvalue weighted by molar-refractivity contribution is 5.98. The van der Waals surface area contributed by atoms with Crippen LogP contribution in [0.15, 0.2) is 47.6 Å². The number of carbonyl (C=O) groups excluding carboxylic acids is 2. The average molecular weight is 425 g/mol. The summed E-state index contributed by atoms with van der Waals surface area (Å²) in [6, 6.07) is 11.5. The van der Waals surface area contributed by atoms with Crippen LogP contribution in [0.5, 0.6) is 17.2 Å². The van der Waals surface area contributed by atoms with Crippen molar-refractivity contribution < 1.29 is 23.8 Å². The highest BCUT2D eigenvalue weighted by Gasteiger charge is 2.25. The number of hydrogen-bond acceptors (Lipinski definition) is 6. The molecular formula is C23H27N3O5. The molecule has 0 spiro atoms. The minimum atomic E-state index is -0.750. The number of carbonyl (C=O) groups is 2. The fourth-order valence-electron chi connectivity index (χ4n) is 2.91. The van der Waals surface area contributed by atoms with Gasteiger partial charge in [-0.15, -0.1) is 0 Å². The predicted molar refractivity (Wildman–Crippen MR) is 117 cm³/mol. The van der Waals surface area contributed by atoms with Gasteiger partial charge in [0.25, 0.3) is 11.8 Å². The molecule has 0 saturated carbocycles. The van der Waals surface area contributed by atoms with Crippen molar-refractivity contribution in [1.29, 1.82) is 0 Å². The Kier molecular flexibility index (Phi) is 7.48. The van der Waals surface area contributed by atoms with Crippen LogP contribution in [0.3, 0.4) is 0 Å². The predicted octanol–water partition coefficient (Wildman–Crippen LogP) is 3.11. The van der Waals surface area contributed by atoms with E-state index in [1.807, 2.05) is 45.0 Å². The normalized spacial score (nSPS) is 13.3. The monoisotopic (exact) mass is 425 g/mol. The zero-order chi connectivity index (χ0) is 22.2. The second-order valence-electron chi connectivity index (χ2n) is 7.41. The van der Waals surface area contributed by atoms with Gasteiger partial charge in [-0.05, 0) is 60.4 Å². The minimum absolute atomic E-state index is 0.129. The van der Waals surface area contributed by atoms with E-state index in [0.29, 0.717) is 23.7 Å². The number of benzene rings is 2. The molecule has 1 atom stereocenters. The lowest BCUT2D eigenvalue weighted by Gasteiger charge is -2.20. The van der Waals surface area contributed by atoms with Crippen molar-refractivity contribution in [2.75, 3.05) is 13.4 Å². The Morgan fingerprint density at radius 1 is 1.13 bits per heavy atom. The molecule has 2 aromatic rings. The number of ether oxygens (including phenoxy) is 3. The van der Waals surface area contributed by atoms with Crippen molar-refractivity contribution in [3.05, 3.63) is 53.6 Å². The summed E-state index contributed by atoms with van der Waals surface area (Å²) in [7, 11) is 0. The largest absolute Gasteiger partial charge is 0.494 e. The third kappa shape index (κ3) is 5.97. The highest BCUT2D eigenvalue weighted by Crippen LogP contribution is 2.32. The Hall–Kier alpha value is -3.55. The summed E-state index contributed by atoms with van der Waals surface area (Å²) in [5, 5.41) is 6.77. The van der Waals surface area contributed by atoms with E-state index in [0.717, 1.165) is 17.7 Å². The van der Waals surface area contributed by atoms with E-state index in [4.69, 9.17) is 14.2 Å². The molecule has 2 aromatic carbocycles. The van der Waals surface area contributed by atoms with Crippen LogP contribution in [0.4, 0.5) is 0 Å². The van der Waals surface area contributed by atoms with Gasteiger partial charge in [0.2, 0.25) is 6.79 Å². The molecule has 164 valence electrons. The maximum atomic E-state index is 12.6. The topological polar surface area (TPSA) is 98.2 Å². The van der Waals surface area contributed by atoms with Crippen molar-refractivity contribution in [2.24, 2.45) is 11.0 Å². The lowest BCUT2D eigenvalue weighted by Crippen LogP contribution is -2.48. The zero-order valence-corrected chi connectivity index (χ0v) is 17.9. The summed E-state index contributed by atoms with van der Waals surface area (Å²) in [6.45, 7) is 6.54. The van der Waals surface area contributed by atoms with Crippen molar-refractivity contribution >= 4 is 18.0 Å². The van der Waals surface area contributed by atoms with Crippen molar-refractivity contribution in [3.8, 4) is 17.2 Å². The number of nitrogens with zero attached hydrogens (tertiary/aromatic N) is 1. The fraction of sp³-hybridized carbons (Fsp3) is 0.348. The Labute approximate surface area is 181 Å². The molecule has 3 rings (SSSR count). The van der Waals surface area contributed by atoms with Crippen LogP contribution in [0.1, 0.15) is 43.1 Å². The average Bonchev–Trinajstić information content (AvgIpc) is 3.24. The van der Waals surface area contributed by atoms with E-state index >= 15 is 0 Å². The molecule has 8 nitrogen and oxygen atoms in total. The van der Waals surface area contributed by atoms with E-state index in [-0.39, 0.29) is 18.6 Å². The molecule has 0 aliphatic carbocycles. The molecule has 31 heavy (non-hydrogen) atoms. The van der Waals surface area contributed by atoms with Crippen LogP contribution >= 0.6 is 0 Å². The number of hydrogen-bond donors (Lipinski definition) is 2. The van der Waals surface area contributed by atoms with Crippen LogP contribution in [-0.4, -0.2) is 37.5 Å². The quantitative estimate of drug-likeness (QED) is 0.475. The Bertz CT molecular complexity index is 941. The van der Waals surface area contributed by atoms with Crippen LogP contribution < -0.4 is 25.0 Å². The number of rotatable bonds is 9. The van der Waals surface area contributed by atoms with Crippen LogP contribution in [0, 0.1) is 5.92 Å². The summed E-state index contributed by atoms with van der Waals surface area (Å²) >= 11 is 0. The number of amides is 2. The molecule has 0 radical (unpaired) electrons. The van der Waals surface area contributed by atoms with Gasteiger partial charge in [0.05, 0.1) is 12.8 Å². The summed E-state index contributed by atoms with van der Waals surface area (Å²) in [6.07, 6.45) is 2.48. The minimum Gasteiger partial charge on any atom is -0.494 e. The number of nitrogens with one attached hydrogen (secondary N) is 2. The van der Waals surface area contributed by atoms with Crippen molar-refractivity contribution in [2.45, 2.75) is 33.2 Å². The van der Waals surface area contributed by atoms with E-state index in [2.05, 4.69) is 15.8 Å². The molecule has 0 aromatic heterocycles. The molecule has 0 saturated heterocycles. The first-order valence-corrected chi connectivity index (χ1v) is 10.2. The molecule has 0 fully saturated rings. The second kappa shape index (κ2) is 10.5. The van der Waals surface area contributed by atoms with Crippen molar-refractivity contribution in [3.63, 3.8) is 0 Å². The summed E-state index contributed by atoms with van der Waals surface area (Å²) in [5.41, 5.74) is 3.70. The molecule has 1 aliphatic rings. The summed E-state index contributed by atoms with van der Waals surface area (Å²) in [4.78, 5) is 25.2. The maximum absolute atomic E-state index is 12.6. The molecule has 0 bridgehead atoms. The molecule has 1 unspecified atom stereocenters. The zero-order valence-electron chi connectivity index (χ0n) is 17.9. The fourth-order valence-corrected chi connectivity index (χ4v) is 2.91. The molecule has 2 N–H and O–H groups in total. The Morgan fingerprint density at radius 2 is 1.87 bits per heavy atom. The van der Waals surface area contributed by atoms with Gasteiger partial charge in [0.1, 0.15) is 11.8 Å². The van der Waals surface area contributed by atoms with Gasteiger partial charge in [-0.2, -0.15) is 5.10 Å². The smallest absolute Gasteiger partial charge is 0.262 e. The number of fused-ring (bicyclic) bond motifs is 1. The summed E-state index contributed by atoms with van der Waals surface area (Å²) < 4.78 is 16.1. The highest BCUT2D eigenvalue weighted by atomic mass is 16.7. The molecular weight excluding hydrogens is 398 g/mol. The first kappa shape index (κ1) is 22.1. The van der Waals surface area contributed by atoms with Gasteiger partial charge in [-0.3, -0.25) is 9.59 Å². The second-order valence-corrected chi connectivity index (χ2v) is 7.41. The van der Waals surface area contributed by atoms with E-state index in [9.17, 15) is 9.59 Å². The lowest BCUT2D eigenvalue weighted by atomic mass is 10.0. The molecule has 1 heterocycles. The van der Waals surface area contributed by atoms with Gasteiger partial charge in [0.15, 0.2) is 11.5 Å². The molecule has 8 heteroatoms. The van der Waals surface area contributed by atoms with Gasteiger partial charge in [0, 0.05) is 5.56 Å². The Morgan fingerprint density at radius 3 is 2.58 bits per heavy atom. The third-order valence-electron chi connectivity index (χ3n) is 4.61. The van der Waals surface area contributed by atoms with Crippen LogP contribution in [0.25, 0.3) is 0 Å². The lowest BCUT2D eigenvalue weighted by molar-refractivity contribution is -0.123. The first-order chi connectivity index (χ1) is 15.0. The van der Waals surface area contributed by atoms with Gasteiger partial charge in [-0.25, -0.2) is 5.43 Å². The van der Waals surface area contributed by atoms with Crippen molar-refractivity contribution in [1.82, 2.24) is 10.7 Å². The SMILES string of the molecule is CCCOc1ccc(C=NNC(=O)C(NC(=O)c2ccc3c(c2)OCO3)C(C)C)cc1. The Balaban J connectivity index is 1.57. The maximum Gasteiger partial charge on any atom is 0.262 e.